The fourth-order valence-electron chi connectivity index (χ4n) is 3.07. The number of nitrogens with one attached hydrogen (secondary N) is 1. The molecule has 6 nitrogen and oxygen atoms in total. The Bertz CT molecular complexity index is 1020. The van der Waals surface area contributed by atoms with Gasteiger partial charge in [0.1, 0.15) is 4.70 Å². The molecule has 1 N–H and O–H groups in total. The number of nitro benzene ring substituents is 1. The molecular formula is C19H22ClN3O3S. The maximum atomic E-state index is 13.0. The van der Waals surface area contributed by atoms with E-state index in [1.54, 1.807) is 12.1 Å². The lowest BCUT2D eigenvalue weighted by Crippen LogP contribution is -2.28. The summed E-state index contributed by atoms with van der Waals surface area (Å²) in [5.74, 6) is 0. The lowest BCUT2D eigenvalue weighted by atomic mass is 10.1. The summed E-state index contributed by atoms with van der Waals surface area (Å²) in [5.41, 5.74) is 0.468. The number of rotatable bonds is 7. The highest BCUT2D eigenvalue weighted by Crippen LogP contribution is 2.35. The molecule has 0 aliphatic rings. The van der Waals surface area contributed by atoms with Crippen LogP contribution in [0.5, 0.6) is 0 Å². The van der Waals surface area contributed by atoms with Crippen molar-refractivity contribution in [2.75, 3.05) is 31.5 Å². The average molecular weight is 408 g/mol. The fourth-order valence-corrected chi connectivity index (χ4v) is 4.26. The predicted molar refractivity (Wildman–Crippen MR) is 116 cm³/mol. The second-order valence-corrected chi connectivity index (χ2v) is 7.03. The summed E-state index contributed by atoms with van der Waals surface area (Å²) in [7, 11) is 0. The summed E-state index contributed by atoms with van der Waals surface area (Å²) in [6.07, 6.45) is 0. The fraction of sp³-hybridized carbons (Fsp3) is 0.316. The Kier molecular flexibility index (Phi) is 7.12. The van der Waals surface area contributed by atoms with Gasteiger partial charge in [-0.15, -0.1) is 23.7 Å². The first-order chi connectivity index (χ1) is 12.6. The minimum absolute atomic E-state index is 0. The van der Waals surface area contributed by atoms with Crippen LogP contribution in [-0.2, 0) is 0 Å². The molecule has 0 amide bonds. The quantitative estimate of drug-likeness (QED) is 0.354. The van der Waals surface area contributed by atoms with E-state index in [0.29, 0.717) is 27.7 Å². The summed E-state index contributed by atoms with van der Waals surface area (Å²) in [6, 6.07) is 10.4. The van der Waals surface area contributed by atoms with Gasteiger partial charge in [-0.25, -0.2) is 0 Å². The van der Waals surface area contributed by atoms with E-state index in [4.69, 9.17) is 0 Å². The van der Waals surface area contributed by atoms with Gasteiger partial charge >= 0.3 is 0 Å². The van der Waals surface area contributed by atoms with Gasteiger partial charge in [0, 0.05) is 34.9 Å². The van der Waals surface area contributed by atoms with Crippen LogP contribution in [-0.4, -0.2) is 36.0 Å². The Morgan fingerprint density at radius 3 is 2.52 bits per heavy atom. The van der Waals surface area contributed by atoms with E-state index >= 15 is 0 Å². The standard InChI is InChI=1S/C19H21N3O3S.ClH/c1-3-21(4-2)12-11-20-14-9-10-15(22(24)25)19-17(14)18(23)13-7-5-6-8-16(13)26-19;/h5-10,20H,3-4,11-12H2,1-2H3;1H. The zero-order valence-corrected chi connectivity index (χ0v) is 16.9. The molecule has 8 heteroatoms. The number of hydrogen-bond donors (Lipinski definition) is 1. The predicted octanol–water partition coefficient (Wildman–Crippen LogP) is 4.50. The molecule has 0 radical (unpaired) electrons. The third-order valence-corrected chi connectivity index (χ3v) is 5.74. The summed E-state index contributed by atoms with van der Waals surface area (Å²) in [6.45, 7) is 7.64. The zero-order chi connectivity index (χ0) is 18.7. The largest absolute Gasteiger partial charge is 0.383 e. The third kappa shape index (κ3) is 4.21. The number of likely N-dealkylation sites (N-methyl/N-ethyl adjacent to an activating group) is 1. The normalized spacial score (nSPS) is 10.9. The minimum atomic E-state index is -0.424. The van der Waals surface area contributed by atoms with E-state index in [2.05, 4.69) is 24.1 Å². The van der Waals surface area contributed by atoms with Crippen LogP contribution in [0.25, 0.3) is 20.2 Å². The summed E-state index contributed by atoms with van der Waals surface area (Å²) in [5, 5.41) is 15.7. The van der Waals surface area contributed by atoms with Crippen molar-refractivity contribution in [1.29, 1.82) is 0 Å². The molecule has 27 heavy (non-hydrogen) atoms. The van der Waals surface area contributed by atoms with Crippen LogP contribution in [0.15, 0.2) is 41.2 Å². The Balaban J connectivity index is 0.00000261. The van der Waals surface area contributed by atoms with Crippen LogP contribution < -0.4 is 10.7 Å². The van der Waals surface area contributed by atoms with Crippen molar-refractivity contribution in [2.24, 2.45) is 0 Å². The van der Waals surface area contributed by atoms with Gasteiger partial charge in [-0.1, -0.05) is 26.0 Å². The van der Waals surface area contributed by atoms with Crippen molar-refractivity contribution in [1.82, 2.24) is 4.90 Å². The van der Waals surface area contributed by atoms with E-state index in [1.165, 1.54) is 17.4 Å². The summed E-state index contributed by atoms with van der Waals surface area (Å²) in [4.78, 5) is 26.3. The summed E-state index contributed by atoms with van der Waals surface area (Å²) >= 11 is 1.29. The highest BCUT2D eigenvalue weighted by atomic mass is 35.5. The smallest absolute Gasteiger partial charge is 0.287 e. The summed E-state index contributed by atoms with van der Waals surface area (Å²) < 4.78 is 1.18. The Labute approximate surface area is 167 Å². The van der Waals surface area contributed by atoms with Gasteiger partial charge in [0.05, 0.1) is 10.3 Å². The van der Waals surface area contributed by atoms with Gasteiger partial charge in [0.2, 0.25) is 0 Å². The molecular weight excluding hydrogens is 386 g/mol. The lowest BCUT2D eigenvalue weighted by molar-refractivity contribution is -0.382. The molecule has 0 fully saturated rings. The average Bonchev–Trinajstić information content (AvgIpc) is 2.65. The second kappa shape index (κ2) is 9.12. The Morgan fingerprint density at radius 2 is 1.85 bits per heavy atom. The molecule has 3 aromatic rings. The van der Waals surface area contributed by atoms with Gasteiger partial charge in [-0.2, -0.15) is 0 Å². The van der Waals surface area contributed by atoms with E-state index in [0.717, 1.165) is 24.3 Å². The SMILES string of the molecule is CCN(CC)CCNc1ccc([N+](=O)[O-])c2sc3ccccc3c(=O)c12.Cl. The molecule has 144 valence electrons. The van der Waals surface area contributed by atoms with Gasteiger partial charge in [-0.05, 0) is 31.3 Å². The molecule has 0 aliphatic heterocycles. The van der Waals surface area contributed by atoms with Crippen molar-refractivity contribution in [3.63, 3.8) is 0 Å². The number of benzene rings is 2. The van der Waals surface area contributed by atoms with E-state index < -0.39 is 4.92 Å². The van der Waals surface area contributed by atoms with E-state index in [9.17, 15) is 14.9 Å². The zero-order valence-electron chi connectivity index (χ0n) is 15.2. The maximum absolute atomic E-state index is 13.0. The van der Waals surface area contributed by atoms with Crippen LogP contribution in [0.1, 0.15) is 13.8 Å². The van der Waals surface area contributed by atoms with Gasteiger partial charge in [0.15, 0.2) is 5.43 Å². The van der Waals surface area contributed by atoms with Crippen molar-refractivity contribution in [2.45, 2.75) is 13.8 Å². The Hall–Kier alpha value is -2.22. The first kappa shape index (κ1) is 21.1. The monoisotopic (exact) mass is 407 g/mol. The first-order valence-electron chi connectivity index (χ1n) is 8.66. The first-order valence-corrected chi connectivity index (χ1v) is 9.47. The van der Waals surface area contributed by atoms with E-state index in [-0.39, 0.29) is 23.5 Å². The number of anilines is 1. The molecule has 0 spiro atoms. The molecule has 3 rings (SSSR count). The number of nitrogens with zero attached hydrogens (tertiary/aromatic N) is 2. The van der Waals surface area contributed by atoms with Gasteiger partial charge in [-0.3, -0.25) is 14.9 Å². The molecule has 0 saturated heterocycles. The van der Waals surface area contributed by atoms with Gasteiger partial charge in [0.25, 0.3) is 5.69 Å². The molecule has 1 heterocycles. The minimum Gasteiger partial charge on any atom is -0.383 e. The van der Waals surface area contributed by atoms with Crippen LogP contribution in [0.2, 0.25) is 0 Å². The number of halogens is 1. The molecule has 0 aliphatic carbocycles. The topological polar surface area (TPSA) is 75.5 Å². The van der Waals surface area contributed by atoms with Gasteiger partial charge < -0.3 is 10.2 Å². The highest BCUT2D eigenvalue weighted by molar-refractivity contribution is 7.25. The van der Waals surface area contributed by atoms with Crippen molar-refractivity contribution >= 4 is 55.3 Å². The molecule has 2 aromatic carbocycles. The highest BCUT2D eigenvalue weighted by Gasteiger charge is 2.19. The van der Waals surface area contributed by atoms with Crippen molar-refractivity contribution < 1.29 is 4.92 Å². The maximum Gasteiger partial charge on any atom is 0.287 e. The lowest BCUT2D eigenvalue weighted by Gasteiger charge is -2.18. The van der Waals surface area contributed by atoms with E-state index in [1.807, 2.05) is 18.2 Å². The van der Waals surface area contributed by atoms with Crippen LogP contribution in [0.4, 0.5) is 11.4 Å². The molecule has 0 bridgehead atoms. The third-order valence-electron chi connectivity index (χ3n) is 4.54. The Morgan fingerprint density at radius 1 is 1.15 bits per heavy atom. The second-order valence-electron chi connectivity index (χ2n) is 5.97. The van der Waals surface area contributed by atoms with Crippen LogP contribution in [0.3, 0.4) is 0 Å². The van der Waals surface area contributed by atoms with Crippen molar-refractivity contribution in [3.8, 4) is 0 Å². The number of non-ortho nitro benzene ring substituents is 1. The molecule has 0 atom stereocenters. The number of nitro groups is 1. The van der Waals surface area contributed by atoms with Crippen LogP contribution >= 0.6 is 23.7 Å². The molecule has 0 unspecified atom stereocenters. The van der Waals surface area contributed by atoms with Crippen LogP contribution in [0, 0.1) is 10.1 Å². The number of fused-ring (bicyclic) bond motifs is 2. The molecule has 1 aromatic heterocycles. The van der Waals surface area contributed by atoms with Crippen molar-refractivity contribution in [3.05, 3.63) is 56.7 Å². The molecule has 0 saturated carbocycles. The number of hydrogen-bond acceptors (Lipinski definition) is 6.